The first kappa shape index (κ1) is 17.4. The molecule has 0 bridgehead atoms. The SMILES string of the molecule is CC1CN(c2cc(C(=N)c3cc(C4=C[N+](C)=C4)ccc3N)ncn2)CCO1. The maximum atomic E-state index is 8.66. The second-order valence-corrected chi connectivity index (χ2v) is 6.94. The highest BCUT2D eigenvalue weighted by atomic mass is 16.5. The minimum atomic E-state index is 0.161. The average Bonchev–Trinajstić information content (AvgIpc) is 2.66. The van der Waals surface area contributed by atoms with Gasteiger partial charge in [-0.05, 0) is 24.6 Å². The van der Waals surface area contributed by atoms with Crippen molar-refractivity contribution in [2.75, 3.05) is 37.4 Å². The summed E-state index contributed by atoms with van der Waals surface area (Å²) in [5.41, 5.74) is 10.4. The van der Waals surface area contributed by atoms with Crippen molar-refractivity contribution in [1.82, 2.24) is 9.97 Å². The molecule has 1 atom stereocenters. The van der Waals surface area contributed by atoms with Crippen LogP contribution in [0.15, 0.2) is 36.8 Å². The monoisotopic (exact) mass is 363 g/mol. The fourth-order valence-corrected chi connectivity index (χ4v) is 3.35. The predicted octanol–water partition coefficient (Wildman–Crippen LogP) is 1.77. The number of nitrogens with zero attached hydrogens (tertiary/aromatic N) is 4. The number of hydrogen-bond acceptors (Lipinski definition) is 6. The third-order valence-electron chi connectivity index (χ3n) is 4.82. The van der Waals surface area contributed by atoms with Crippen molar-refractivity contribution < 1.29 is 9.31 Å². The largest absolute Gasteiger partial charge is 0.398 e. The van der Waals surface area contributed by atoms with E-state index in [4.69, 9.17) is 15.9 Å². The number of nitrogens with one attached hydrogen (secondary N) is 1. The molecule has 1 saturated heterocycles. The summed E-state index contributed by atoms with van der Waals surface area (Å²) in [5, 5.41) is 8.66. The Morgan fingerprint density at radius 1 is 1.33 bits per heavy atom. The van der Waals surface area contributed by atoms with E-state index in [2.05, 4.69) is 14.9 Å². The van der Waals surface area contributed by atoms with Crippen LogP contribution in [0.2, 0.25) is 0 Å². The first-order valence-electron chi connectivity index (χ1n) is 8.97. The van der Waals surface area contributed by atoms with Gasteiger partial charge in [-0.15, -0.1) is 0 Å². The van der Waals surface area contributed by atoms with Gasteiger partial charge in [0.15, 0.2) is 12.4 Å². The normalized spacial score (nSPS) is 19.2. The van der Waals surface area contributed by atoms with Crippen LogP contribution in [-0.2, 0) is 4.74 Å². The summed E-state index contributed by atoms with van der Waals surface area (Å²) in [5.74, 6) is 0.811. The zero-order valence-electron chi connectivity index (χ0n) is 15.5. The number of rotatable bonds is 4. The van der Waals surface area contributed by atoms with E-state index in [1.54, 1.807) is 0 Å². The summed E-state index contributed by atoms with van der Waals surface area (Å²) in [4.78, 5) is 10.9. The topological polar surface area (TPSA) is 91.1 Å². The van der Waals surface area contributed by atoms with E-state index in [1.165, 1.54) is 6.33 Å². The molecule has 2 aliphatic heterocycles. The maximum absolute atomic E-state index is 8.66. The molecular formula is C20H23N6O+. The Labute approximate surface area is 158 Å². The van der Waals surface area contributed by atoms with E-state index in [0.717, 1.165) is 30.0 Å². The quantitative estimate of drug-likeness (QED) is 0.491. The third-order valence-corrected chi connectivity index (χ3v) is 4.82. The Bertz CT molecular complexity index is 965. The van der Waals surface area contributed by atoms with Gasteiger partial charge >= 0.3 is 0 Å². The Balaban J connectivity index is 1.62. The fraction of sp³-hybridized carbons (Fsp3) is 0.300. The second-order valence-electron chi connectivity index (χ2n) is 6.94. The minimum Gasteiger partial charge on any atom is -0.398 e. The van der Waals surface area contributed by atoms with E-state index < -0.39 is 0 Å². The summed E-state index contributed by atoms with van der Waals surface area (Å²) < 4.78 is 7.59. The van der Waals surface area contributed by atoms with Crippen molar-refractivity contribution in [3.8, 4) is 0 Å². The van der Waals surface area contributed by atoms with Gasteiger partial charge in [-0.3, -0.25) is 5.41 Å². The van der Waals surface area contributed by atoms with Gasteiger partial charge in [0, 0.05) is 30.4 Å². The van der Waals surface area contributed by atoms with E-state index in [9.17, 15) is 0 Å². The van der Waals surface area contributed by atoms with Crippen LogP contribution < -0.4 is 10.6 Å². The molecule has 1 fully saturated rings. The third kappa shape index (κ3) is 3.46. The first-order valence-corrected chi connectivity index (χ1v) is 8.97. The molecule has 3 N–H and O–H groups in total. The van der Waals surface area contributed by atoms with Gasteiger partial charge in [0.1, 0.15) is 24.8 Å². The smallest absolute Gasteiger partial charge is 0.182 e. The summed E-state index contributed by atoms with van der Waals surface area (Å²) in [7, 11) is 1.98. The second kappa shape index (κ2) is 6.92. The first-order chi connectivity index (χ1) is 13.0. The van der Waals surface area contributed by atoms with Crippen LogP contribution in [0, 0.1) is 5.41 Å². The Kier molecular flexibility index (Phi) is 4.45. The van der Waals surface area contributed by atoms with Crippen molar-refractivity contribution in [2.24, 2.45) is 0 Å². The van der Waals surface area contributed by atoms with Crippen LogP contribution in [0.25, 0.3) is 5.57 Å². The molecule has 2 aliphatic rings. The number of benzene rings is 1. The van der Waals surface area contributed by atoms with Crippen molar-refractivity contribution in [3.63, 3.8) is 0 Å². The summed E-state index contributed by atoms with van der Waals surface area (Å²) in [6.45, 7) is 4.28. The molecule has 3 heterocycles. The van der Waals surface area contributed by atoms with E-state index in [1.807, 2.05) is 55.2 Å². The van der Waals surface area contributed by atoms with Crippen LogP contribution >= 0.6 is 0 Å². The zero-order chi connectivity index (χ0) is 19.0. The molecule has 7 nitrogen and oxygen atoms in total. The number of anilines is 2. The predicted molar refractivity (Wildman–Crippen MR) is 107 cm³/mol. The summed E-state index contributed by atoms with van der Waals surface area (Å²) in [6.07, 6.45) is 5.76. The molecule has 2 aromatic rings. The molecule has 138 valence electrons. The van der Waals surface area contributed by atoms with Gasteiger partial charge in [0.05, 0.1) is 24.1 Å². The maximum Gasteiger partial charge on any atom is 0.182 e. The molecule has 0 aliphatic carbocycles. The number of nitrogens with two attached hydrogens (primary N) is 1. The lowest BCUT2D eigenvalue weighted by Crippen LogP contribution is -2.41. The summed E-state index contributed by atoms with van der Waals surface area (Å²) >= 11 is 0. The van der Waals surface area contributed by atoms with Gasteiger partial charge < -0.3 is 15.4 Å². The lowest BCUT2D eigenvalue weighted by molar-refractivity contribution is -0.423. The number of aromatic nitrogens is 2. The average molecular weight is 363 g/mol. The summed E-state index contributed by atoms with van der Waals surface area (Å²) in [6, 6.07) is 7.63. The number of hydrogen-bond donors (Lipinski definition) is 2. The minimum absolute atomic E-state index is 0.161. The lowest BCUT2D eigenvalue weighted by Gasteiger charge is -2.32. The van der Waals surface area contributed by atoms with Crippen LogP contribution in [0.1, 0.15) is 23.7 Å². The van der Waals surface area contributed by atoms with E-state index in [-0.39, 0.29) is 6.10 Å². The number of nitrogen functional groups attached to an aromatic ring is 1. The molecule has 0 spiro atoms. The van der Waals surface area contributed by atoms with Crippen molar-refractivity contribution >= 4 is 29.0 Å². The zero-order valence-corrected chi connectivity index (χ0v) is 15.5. The molecule has 1 aromatic carbocycles. The lowest BCUT2D eigenvalue weighted by atomic mass is 9.97. The van der Waals surface area contributed by atoms with Crippen molar-refractivity contribution in [2.45, 2.75) is 13.0 Å². The number of morpholine rings is 1. The highest BCUT2D eigenvalue weighted by Crippen LogP contribution is 2.24. The fourth-order valence-electron chi connectivity index (χ4n) is 3.35. The molecule has 1 aromatic heterocycles. The van der Waals surface area contributed by atoms with Gasteiger partial charge in [-0.1, -0.05) is 6.07 Å². The number of allylic oxidation sites excluding steroid dienone is 1. The Morgan fingerprint density at radius 3 is 2.89 bits per heavy atom. The van der Waals surface area contributed by atoms with E-state index >= 15 is 0 Å². The van der Waals surface area contributed by atoms with Crippen LogP contribution in [0.3, 0.4) is 0 Å². The number of ether oxygens (including phenoxy) is 1. The van der Waals surface area contributed by atoms with Crippen LogP contribution in [0.5, 0.6) is 0 Å². The van der Waals surface area contributed by atoms with Crippen molar-refractivity contribution in [3.05, 3.63) is 53.6 Å². The Hall–Kier alpha value is -3.06. The van der Waals surface area contributed by atoms with Gasteiger partial charge in [-0.25, -0.2) is 14.5 Å². The van der Waals surface area contributed by atoms with Gasteiger partial charge in [0.25, 0.3) is 0 Å². The van der Waals surface area contributed by atoms with Gasteiger partial charge in [0.2, 0.25) is 0 Å². The van der Waals surface area contributed by atoms with Gasteiger partial charge in [-0.2, -0.15) is 0 Å². The van der Waals surface area contributed by atoms with Crippen LogP contribution in [0.4, 0.5) is 11.5 Å². The molecule has 27 heavy (non-hydrogen) atoms. The van der Waals surface area contributed by atoms with E-state index in [0.29, 0.717) is 29.3 Å². The molecule has 1 unspecified atom stereocenters. The Morgan fingerprint density at radius 2 is 2.15 bits per heavy atom. The molecule has 0 radical (unpaired) electrons. The molecule has 0 amide bonds. The molecule has 7 heteroatoms. The van der Waals surface area contributed by atoms with Crippen molar-refractivity contribution in [1.29, 1.82) is 5.41 Å². The standard InChI is InChI=1S/C20H23N6O/c1-13-9-26(5-6-27-13)19-8-18(23-12-24-19)20(22)16-7-14(3-4-17(16)21)15-10-25(2)11-15/h3-4,7-8,10-13,22H,5-6,9,21H2,1-2H3/q+1. The molecular weight excluding hydrogens is 340 g/mol. The molecule has 0 saturated carbocycles. The van der Waals surface area contributed by atoms with Crippen LogP contribution in [-0.4, -0.2) is 59.3 Å². The molecule has 4 rings (SSSR count). The highest BCUT2D eigenvalue weighted by Gasteiger charge is 2.21. The highest BCUT2D eigenvalue weighted by molar-refractivity contribution is 6.15.